The zero-order chi connectivity index (χ0) is 21.3. The predicted molar refractivity (Wildman–Crippen MR) is 109 cm³/mol. The molecule has 0 radical (unpaired) electrons. The lowest BCUT2D eigenvalue weighted by Crippen LogP contribution is -2.08. The van der Waals surface area contributed by atoms with E-state index < -0.39 is 17.6 Å². The number of benzene rings is 3. The van der Waals surface area contributed by atoms with Crippen molar-refractivity contribution in [3.05, 3.63) is 94.0 Å². The maximum absolute atomic E-state index is 14.0. The van der Waals surface area contributed by atoms with Crippen LogP contribution in [-0.4, -0.2) is 18.9 Å². The molecule has 5 nitrogen and oxygen atoms in total. The number of Topliss-reactive ketones (excluding diaryl/α,β-unsaturated/α-hetero) is 1. The SMILES string of the molecule is COc1ccc(C(=O)Oc2ccc3c(c2)O/C(=C\c2c(F)cccc2Cl)C3=O)cc1. The van der Waals surface area contributed by atoms with Gasteiger partial charge in [0.1, 0.15) is 23.1 Å². The Kier molecular flexibility index (Phi) is 5.25. The lowest BCUT2D eigenvalue weighted by atomic mass is 10.1. The second-order valence-electron chi connectivity index (χ2n) is 6.35. The molecule has 0 spiro atoms. The molecule has 3 aromatic rings. The molecule has 0 saturated heterocycles. The molecule has 0 saturated carbocycles. The molecule has 0 bridgehead atoms. The van der Waals surface area contributed by atoms with E-state index in [1.807, 2.05) is 0 Å². The number of halogens is 2. The minimum Gasteiger partial charge on any atom is -0.497 e. The van der Waals surface area contributed by atoms with Gasteiger partial charge in [-0.15, -0.1) is 0 Å². The minimum absolute atomic E-state index is 0.0569. The van der Waals surface area contributed by atoms with Crippen LogP contribution in [-0.2, 0) is 0 Å². The first-order valence-corrected chi connectivity index (χ1v) is 9.22. The van der Waals surface area contributed by atoms with E-state index in [2.05, 4.69) is 0 Å². The summed E-state index contributed by atoms with van der Waals surface area (Å²) in [6, 6.07) is 15.1. The van der Waals surface area contributed by atoms with Crippen molar-refractivity contribution in [3.8, 4) is 17.2 Å². The highest BCUT2D eigenvalue weighted by molar-refractivity contribution is 6.32. The van der Waals surface area contributed by atoms with Gasteiger partial charge in [0.15, 0.2) is 5.76 Å². The molecule has 150 valence electrons. The summed E-state index contributed by atoms with van der Waals surface area (Å²) < 4.78 is 30.0. The Hall–Kier alpha value is -3.64. The Bertz CT molecular complexity index is 1160. The number of carbonyl (C=O) groups is 2. The number of allylic oxidation sites excluding steroid dienone is 1. The van der Waals surface area contributed by atoms with Crippen molar-refractivity contribution < 1.29 is 28.2 Å². The third-order valence-corrected chi connectivity index (χ3v) is 4.78. The van der Waals surface area contributed by atoms with Crippen LogP contribution in [0, 0.1) is 5.82 Å². The average Bonchev–Trinajstić information content (AvgIpc) is 3.05. The summed E-state index contributed by atoms with van der Waals surface area (Å²) in [5, 5.41) is 0.156. The molecule has 3 aromatic carbocycles. The number of fused-ring (bicyclic) bond motifs is 1. The van der Waals surface area contributed by atoms with Crippen molar-refractivity contribution in [1.29, 1.82) is 0 Å². The lowest BCUT2D eigenvalue weighted by Gasteiger charge is -2.06. The summed E-state index contributed by atoms with van der Waals surface area (Å²) in [5.74, 6) is -0.614. The molecule has 0 N–H and O–H groups in total. The van der Waals surface area contributed by atoms with Crippen LogP contribution < -0.4 is 14.2 Å². The standard InChI is InChI=1S/C23H14ClFO5/c1-28-14-7-5-13(6-8-14)23(27)29-15-9-10-16-20(11-15)30-21(22(16)26)12-17-18(24)3-2-4-19(17)25/h2-12H,1H3/b21-12-. The van der Waals surface area contributed by atoms with Gasteiger partial charge in [0, 0.05) is 11.6 Å². The van der Waals surface area contributed by atoms with Gasteiger partial charge in [-0.2, -0.15) is 0 Å². The van der Waals surface area contributed by atoms with Crippen molar-refractivity contribution in [2.45, 2.75) is 0 Å². The highest BCUT2D eigenvalue weighted by atomic mass is 35.5. The third-order valence-electron chi connectivity index (χ3n) is 4.45. The summed E-state index contributed by atoms with van der Waals surface area (Å²) in [7, 11) is 1.53. The van der Waals surface area contributed by atoms with Gasteiger partial charge in [0.2, 0.25) is 5.78 Å². The Morgan fingerprint density at radius 1 is 1.07 bits per heavy atom. The van der Waals surface area contributed by atoms with Gasteiger partial charge in [0.25, 0.3) is 0 Å². The van der Waals surface area contributed by atoms with Crippen molar-refractivity contribution in [3.63, 3.8) is 0 Å². The van der Waals surface area contributed by atoms with Crippen LogP contribution in [0.15, 0.2) is 66.4 Å². The fourth-order valence-electron chi connectivity index (χ4n) is 2.90. The van der Waals surface area contributed by atoms with Crippen LogP contribution in [0.25, 0.3) is 6.08 Å². The van der Waals surface area contributed by atoms with E-state index in [1.165, 1.54) is 49.6 Å². The molecule has 1 aliphatic heterocycles. The maximum Gasteiger partial charge on any atom is 0.343 e. The van der Waals surface area contributed by atoms with E-state index in [-0.39, 0.29) is 33.4 Å². The highest BCUT2D eigenvalue weighted by Gasteiger charge is 2.28. The fourth-order valence-corrected chi connectivity index (χ4v) is 3.12. The first-order chi connectivity index (χ1) is 14.5. The van der Waals surface area contributed by atoms with Crippen molar-refractivity contribution >= 4 is 29.4 Å². The third kappa shape index (κ3) is 3.77. The van der Waals surface area contributed by atoms with Crippen LogP contribution in [0.3, 0.4) is 0 Å². The topological polar surface area (TPSA) is 61.8 Å². The summed E-state index contributed by atoms with van der Waals surface area (Å²) >= 11 is 6.01. The van der Waals surface area contributed by atoms with E-state index in [0.29, 0.717) is 11.3 Å². The van der Waals surface area contributed by atoms with E-state index >= 15 is 0 Å². The molecule has 1 heterocycles. The number of ketones is 1. The number of esters is 1. The molecule has 0 unspecified atom stereocenters. The predicted octanol–water partition coefficient (Wildman–Crippen LogP) is 5.32. The van der Waals surface area contributed by atoms with Gasteiger partial charge in [-0.3, -0.25) is 4.79 Å². The molecule has 1 aliphatic rings. The molecular formula is C23H14ClFO5. The van der Waals surface area contributed by atoms with Crippen molar-refractivity contribution in [2.24, 2.45) is 0 Å². The summed E-state index contributed by atoms with van der Waals surface area (Å²) in [6.45, 7) is 0. The zero-order valence-electron chi connectivity index (χ0n) is 15.6. The number of rotatable bonds is 4. The lowest BCUT2D eigenvalue weighted by molar-refractivity contribution is 0.0734. The number of carbonyl (C=O) groups excluding carboxylic acids is 2. The van der Waals surface area contributed by atoms with Gasteiger partial charge >= 0.3 is 5.97 Å². The van der Waals surface area contributed by atoms with Gasteiger partial charge < -0.3 is 14.2 Å². The minimum atomic E-state index is -0.573. The van der Waals surface area contributed by atoms with Crippen LogP contribution in [0.2, 0.25) is 5.02 Å². The first-order valence-electron chi connectivity index (χ1n) is 8.85. The second kappa shape index (κ2) is 8.00. The molecule has 0 atom stereocenters. The van der Waals surface area contributed by atoms with E-state index in [9.17, 15) is 14.0 Å². The molecule has 4 rings (SSSR count). The van der Waals surface area contributed by atoms with Crippen LogP contribution in [0.4, 0.5) is 4.39 Å². The zero-order valence-corrected chi connectivity index (χ0v) is 16.4. The highest BCUT2D eigenvalue weighted by Crippen LogP contribution is 2.36. The van der Waals surface area contributed by atoms with Gasteiger partial charge in [-0.1, -0.05) is 17.7 Å². The number of ether oxygens (including phenoxy) is 3. The Labute approximate surface area is 176 Å². The largest absolute Gasteiger partial charge is 0.497 e. The molecule has 0 aromatic heterocycles. The van der Waals surface area contributed by atoms with Gasteiger partial charge in [0.05, 0.1) is 23.3 Å². The Morgan fingerprint density at radius 3 is 2.50 bits per heavy atom. The van der Waals surface area contributed by atoms with Crippen molar-refractivity contribution in [1.82, 2.24) is 0 Å². The summed E-state index contributed by atoms with van der Waals surface area (Å²) in [6.07, 6.45) is 1.25. The van der Waals surface area contributed by atoms with Crippen LogP contribution in [0.1, 0.15) is 26.3 Å². The Balaban J connectivity index is 1.56. The van der Waals surface area contributed by atoms with E-state index in [4.69, 9.17) is 25.8 Å². The van der Waals surface area contributed by atoms with E-state index in [1.54, 1.807) is 24.3 Å². The quantitative estimate of drug-likeness (QED) is 0.322. The van der Waals surface area contributed by atoms with Crippen LogP contribution in [0.5, 0.6) is 17.2 Å². The maximum atomic E-state index is 14.0. The smallest absolute Gasteiger partial charge is 0.343 e. The first kappa shape index (κ1) is 19.7. The second-order valence-corrected chi connectivity index (χ2v) is 6.76. The molecule has 7 heteroatoms. The number of hydrogen-bond acceptors (Lipinski definition) is 5. The number of methoxy groups -OCH3 is 1. The van der Waals surface area contributed by atoms with E-state index in [0.717, 1.165) is 0 Å². The molecule has 0 amide bonds. The Morgan fingerprint density at radius 2 is 1.80 bits per heavy atom. The monoisotopic (exact) mass is 424 g/mol. The molecule has 30 heavy (non-hydrogen) atoms. The molecule has 0 fully saturated rings. The van der Waals surface area contributed by atoms with Crippen molar-refractivity contribution in [2.75, 3.05) is 7.11 Å². The molecular weight excluding hydrogens is 411 g/mol. The van der Waals surface area contributed by atoms with Gasteiger partial charge in [-0.05, 0) is 54.6 Å². The van der Waals surface area contributed by atoms with Gasteiger partial charge in [-0.25, -0.2) is 9.18 Å². The average molecular weight is 425 g/mol. The summed E-state index contributed by atoms with van der Waals surface area (Å²) in [4.78, 5) is 24.9. The summed E-state index contributed by atoms with van der Waals surface area (Å²) in [5.41, 5.74) is 0.669. The van der Waals surface area contributed by atoms with Crippen LogP contribution >= 0.6 is 11.6 Å². The molecule has 0 aliphatic carbocycles. The normalized spacial score (nSPS) is 13.7. The number of hydrogen-bond donors (Lipinski definition) is 0. The fraction of sp³-hybridized carbons (Fsp3) is 0.0435.